The highest BCUT2D eigenvalue weighted by Crippen LogP contribution is 2.39. The Morgan fingerprint density at radius 3 is 2.77 bits per heavy atom. The fraction of sp³-hybridized carbons (Fsp3) is 0.500. The van der Waals surface area contributed by atoms with E-state index in [1.807, 2.05) is 26.0 Å². The summed E-state index contributed by atoms with van der Waals surface area (Å²) < 4.78 is 0. The molecule has 1 aliphatic heterocycles. The number of likely N-dealkylation sites (tertiary alicyclic amines) is 1. The first-order chi connectivity index (χ1) is 14.4. The molecule has 0 saturated carbocycles. The van der Waals surface area contributed by atoms with E-state index >= 15 is 0 Å². The van der Waals surface area contributed by atoms with Crippen LogP contribution in [-0.2, 0) is 17.6 Å². The Kier molecular flexibility index (Phi) is 6.25. The van der Waals surface area contributed by atoms with Crippen LogP contribution in [0, 0.1) is 19.8 Å². The highest BCUT2D eigenvalue weighted by atomic mass is 32.1. The number of quaternary nitrogens is 1. The Morgan fingerprint density at radius 1 is 1.17 bits per heavy atom. The minimum Gasteiger partial charge on any atom is -0.327 e. The number of nitrogens with one attached hydrogen (secondary N) is 3. The van der Waals surface area contributed by atoms with Crippen molar-refractivity contribution in [3.8, 4) is 0 Å². The minimum atomic E-state index is -0.115. The van der Waals surface area contributed by atoms with Gasteiger partial charge in [-0.2, -0.15) is 0 Å². The van der Waals surface area contributed by atoms with Crippen molar-refractivity contribution in [1.29, 1.82) is 0 Å². The molecule has 160 valence electrons. The highest BCUT2D eigenvalue weighted by molar-refractivity contribution is 7.17. The Hall–Kier alpha value is -2.18. The first kappa shape index (κ1) is 21.1. The van der Waals surface area contributed by atoms with E-state index in [-0.39, 0.29) is 11.8 Å². The van der Waals surface area contributed by atoms with E-state index in [9.17, 15) is 9.59 Å². The molecule has 1 fully saturated rings. The van der Waals surface area contributed by atoms with Gasteiger partial charge in [-0.25, -0.2) is 0 Å². The molecule has 1 aromatic heterocycles. The Labute approximate surface area is 182 Å². The van der Waals surface area contributed by atoms with Crippen LogP contribution in [0.25, 0.3) is 0 Å². The maximum atomic E-state index is 13.2. The second-order valence-corrected chi connectivity index (χ2v) is 10.1. The molecule has 2 atom stereocenters. The molecule has 0 radical (unpaired) electrons. The van der Waals surface area contributed by atoms with Crippen molar-refractivity contribution in [3.05, 3.63) is 45.3 Å². The van der Waals surface area contributed by atoms with Crippen molar-refractivity contribution in [2.75, 3.05) is 30.3 Å². The van der Waals surface area contributed by atoms with Gasteiger partial charge in [0, 0.05) is 16.5 Å². The number of rotatable bonds is 5. The van der Waals surface area contributed by atoms with Crippen molar-refractivity contribution in [3.63, 3.8) is 0 Å². The van der Waals surface area contributed by atoms with Crippen LogP contribution in [0.4, 0.5) is 10.7 Å². The standard InChI is InChI=1S/C24H31N3O2S/c1-15-9-10-19(17(3)12-15)25-23(29)22-18-7-4-8-20(18)30-24(22)26-21(28)14-27-11-5-6-16(2)13-27/h9-10,12,16H,4-8,11,13-14H2,1-3H3,(H,25,29)(H,26,28)/p+1/t16-/m0/s1. The molecule has 2 aromatic rings. The fourth-order valence-corrected chi connectivity index (χ4v) is 6.13. The summed E-state index contributed by atoms with van der Waals surface area (Å²) in [5.74, 6) is 0.571. The molecule has 5 nitrogen and oxygen atoms in total. The number of hydrogen-bond donors (Lipinski definition) is 3. The Balaban J connectivity index is 1.51. The van der Waals surface area contributed by atoms with Crippen LogP contribution in [-0.4, -0.2) is 31.4 Å². The number of carbonyl (C=O) groups is 2. The van der Waals surface area contributed by atoms with Gasteiger partial charge < -0.3 is 15.5 Å². The van der Waals surface area contributed by atoms with Gasteiger partial charge in [0.25, 0.3) is 11.8 Å². The maximum absolute atomic E-state index is 13.2. The lowest BCUT2D eigenvalue weighted by atomic mass is 10.0. The summed E-state index contributed by atoms with van der Waals surface area (Å²) in [5, 5.41) is 6.89. The van der Waals surface area contributed by atoms with Crippen LogP contribution >= 0.6 is 11.3 Å². The third-order valence-corrected chi connectivity index (χ3v) is 7.51. The third-order valence-electron chi connectivity index (χ3n) is 6.31. The molecule has 2 amide bonds. The van der Waals surface area contributed by atoms with Crippen molar-refractivity contribution < 1.29 is 14.5 Å². The summed E-state index contributed by atoms with van der Waals surface area (Å²) in [6, 6.07) is 6.03. The van der Waals surface area contributed by atoms with Gasteiger partial charge in [-0.1, -0.05) is 24.6 Å². The number of carbonyl (C=O) groups excluding carboxylic acids is 2. The first-order valence-corrected chi connectivity index (χ1v) is 11.9. The average Bonchev–Trinajstić information content (AvgIpc) is 3.24. The smallest absolute Gasteiger partial charge is 0.280 e. The van der Waals surface area contributed by atoms with Gasteiger partial charge in [0.2, 0.25) is 0 Å². The molecule has 2 heterocycles. The van der Waals surface area contributed by atoms with Crippen LogP contribution in [0.2, 0.25) is 0 Å². The molecule has 3 N–H and O–H groups in total. The van der Waals surface area contributed by atoms with E-state index in [1.54, 1.807) is 11.3 Å². The van der Waals surface area contributed by atoms with Gasteiger partial charge >= 0.3 is 0 Å². The summed E-state index contributed by atoms with van der Waals surface area (Å²) in [6.07, 6.45) is 5.42. The number of piperidine rings is 1. The summed E-state index contributed by atoms with van der Waals surface area (Å²) in [5.41, 5.74) is 4.83. The Bertz CT molecular complexity index is 966. The van der Waals surface area contributed by atoms with Gasteiger partial charge in [0.1, 0.15) is 5.00 Å². The highest BCUT2D eigenvalue weighted by Gasteiger charge is 2.29. The number of amides is 2. The molecule has 6 heteroatoms. The third kappa shape index (κ3) is 4.60. The second-order valence-electron chi connectivity index (χ2n) is 9.01. The molecule has 2 aliphatic rings. The summed E-state index contributed by atoms with van der Waals surface area (Å²) in [7, 11) is 0. The molecule has 4 rings (SSSR count). The molecule has 0 bridgehead atoms. The first-order valence-electron chi connectivity index (χ1n) is 11.1. The minimum absolute atomic E-state index is 0.0135. The predicted octanol–water partition coefficient (Wildman–Crippen LogP) is 3.36. The lowest BCUT2D eigenvalue weighted by molar-refractivity contribution is -0.900. The summed E-state index contributed by atoms with van der Waals surface area (Å²) >= 11 is 1.58. The van der Waals surface area contributed by atoms with Crippen LogP contribution in [0.5, 0.6) is 0 Å². The van der Waals surface area contributed by atoms with E-state index in [2.05, 4.69) is 23.6 Å². The quantitative estimate of drug-likeness (QED) is 0.687. The van der Waals surface area contributed by atoms with E-state index < -0.39 is 0 Å². The monoisotopic (exact) mass is 426 g/mol. The van der Waals surface area contributed by atoms with E-state index in [0.717, 1.165) is 54.2 Å². The Morgan fingerprint density at radius 2 is 2.00 bits per heavy atom. The summed E-state index contributed by atoms with van der Waals surface area (Å²) in [4.78, 5) is 28.6. The molecule has 1 aliphatic carbocycles. The van der Waals surface area contributed by atoms with Crippen molar-refractivity contribution in [1.82, 2.24) is 0 Å². The van der Waals surface area contributed by atoms with Gasteiger partial charge in [-0.3, -0.25) is 9.59 Å². The zero-order valence-corrected chi connectivity index (χ0v) is 19.0. The van der Waals surface area contributed by atoms with E-state index in [0.29, 0.717) is 18.0 Å². The summed E-state index contributed by atoms with van der Waals surface area (Å²) in [6.45, 7) is 8.89. The van der Waals surface area contributed by atoms with Crippen LogP contribution < -0.4 is 15.5 Å². The average molecular weight is 427 g/mol. The second kappa shape index (κ2) is 8.90. The van der Waals surface area contributed by atoms with Gasteiger partial charge in [-0.15, -0.1) is 11.3 Å². The van der Waals surface area contributed by atoms with Gasteiger partial charge in [-0.05, 0) is 63.1 Å². The van der Waals surface area contributed by atoms with Gasteiger partial charge in [0.05, 0.1) is 18.7 Å². The van der Waals surface area contributed by atoms with Crippen molar-refractivity contribution >= 4 is 33.8 Å². The van der Waals surface area contributed by atoms with Crippen LogP contribution in [0.3, 0.4) is 0 Å². The number of thiophene rings is 1. The zero-order valence-electron chi connectivity index (χ0n) is 18.2. The molecule has 1 unspecified atom stereocenters. The topological polar surface area (TPSA) is 62.6 Å². The maximum Gasteiger partial charge on any atom is 0.280 e. The molecule has 1 aromatic carbocycles. The van der Waals surface area contributed by atoms with E-state index in [4.69, 9.17) is 0 Å². The van der Waals surface area contributed by atoms with Crippen molar-refractivity contribution in [2.45, 2.75) is 52.9 Å². The largest absolute Gasteiger partial charge is 0.327 e. The van der Waals surface area contributed by atoms with Gasteiger partial charge in [0.15, 0.2) is 6.54 Å². The van der Waals surface area contributed by atoms with E-state index in [1.165, 1.54) is 28.2 Å². The van der Waals surface area contributed by atoms with Crippen LogP contribution in [0.15, 0.2) is 18.2 Å². The SMILES string of the molecule is Cc1ccc(NC(=O)c2c(NC(=O)C[NH+]3CCC[C@H](C)C3)sc3c2CCC3)c(C)c1. The zero-order chi connectivity index (χ0) is 21.3. The number of anilines is 2. The van der Waals surface area contributed by atoms with Crippen molar-refractivity contribution in [2.24, 2.45) is 5.92 Å². The number of benzene rings is 1. The van der Waals surface area contributed by atoms with Crippen LogP contribution in [0.1, 0.15) is 58.1 Å². The molecular weight excluding hydrogens is 394 g/mol. The lowest BCUT2D eigenvalue weighted by Crippen LogP contribution is -3.14. The molecule has 30 heavy (non-hydrogen) atoms. The molecular formula is C24H32N3O2S+. The lowest BCUT2D eigenvalue weighted by Gasteiger charge is -2.27. The molecule has 0 spiro atoms. The number of fused-ring (bicyclic) bond motifs is 1. The molecule has 1 saturated heterocycles. The number of aryl methyl sites for hydroxylation is 3. The number of hydrogen-bond acceptors (Lipinski definition) is 3. The fourth-order valence-electron chi connectivity index (χ4n) is 4.83. The predicted molar refractivity (Wildman–Crippen MR) is 123 cm³/mol. The normalized spacial score (nSPS) is 20.6.